The van der Waals surface area contributed by atoms with E-state index in [1.165, 1.54) is 0 Å². The van der Waals surface area contributed by atoms with Crippen LogP contribution in [0.1, 0.15) is 25.7 Å². The first-order valence-electron chi connectivity index (χ1n) is 4.87. The summed E-state index contributed by atoms with van der Waals surface area (Å²) in [5, 5.41) is 12.8. The summed E-state index contributed by atoms with van der Waals surface area (Å²) in [6.45, 7) is 1.16. The molecule has 6 heteroatoms. The summed E-state index contributed by atoms with van der Waals surface area (Å²) in [5.41, 5.74) is -1.10. The van der Waals surface area contributed by atoms with E-state index in [0.29, 0.717) is 25.9 Å². The fourth-order valence-corrected chi connectivity index (χ4v) is 1.63. The highest BCUT2D eigenvalue weighted by Gasteiger charge is 2.39. The Morgan fingerprint density at radius 2 is 1.87 bits per heavy atom. The summed E-state index contributed by atoms with van der Waals surface area (Å²) in [4.78, 5) is 10.6. The van der Waals surface area contributed by atoms with Gasteiger partial charge in [0.15, 0.2) is 0 Å². The molecule has 0 radical (unpaired) electrons. The number of nitrogens with one attached hydrogen (secondary N) is 1. The number of hydrogen-bond acceptors (Lipinski definition) is 3. The van der Waals surface area contributed by atoms with Crippen molar-refractivity contribution in [2.75, 3.05) is 13.1 Å². The number of hydrogen-bond donors (Lipinski definition) is 2. The minimum Gasteiger partial charge on any atom is -0.390 e. The lowest BCUT2D eigenvalue weighted by Crippen LogP contribution is -2.42. The molecule has 2 N–H and O–H groups in total. The molecule has 15 heavy (non-hydrogen) atoms. The van der Waals surface area contributed by atoms with E-state index in [4.69, 9.17) is 0 Å². The Morgan fingerprint density at radius 3 is 2.33 bits per heavy atom. The number of piperidine rings is 1. The van der Waals surface area contributed by atoms with Crippen LogP contribution in [0.3, 0.4) is 0 Å². The van der Waals surface area contributed by atoms with Crippen molar-refractivity contribution >= 4 is 5.78 Å². The van der Waals surface area contributed by atoms with Crippen molar-refractivity contribution in [2.24, 2.45) is 0 Å². The van der Waals surface area contributed by atoms with Gasteiger partial charge in [-0.15, -0.1) is 0 Å². The van der Waals surface area contributed by atoms with E-state index >= 15 is 0 Å². The van der Waals surface area contributed by atoms with Crippen LogP contribution in [0.5, 0.6) is 0 Å². The minimum atomic E-state index is -4.77. The first-order chi connectivity index (χ1) is 6.83. The van der Waals surface area contributed by atoms with Crippen LogP contribution in [-0.4, -0.2) is 35.8 Å². The van der Waals surface area contributed by atoms with Crippen LogP contribution in [0.4, 0.5) is 13.2 Å². The summed E-state index contributed by atoms with van der Waals surface area (Å²) in [5.74, 6) is -1.76. The molecule has 1 aliphatic heterocycles. The second-order valence-electron chi connectivity index (χ2n) is 3.90. The molecule has 0 aromatic carbocycles. The van der Waals surface area contributed by atoms with E-state index in [2.05, 4.69) is 5.32 Å². The van der Waals surface area contributed by atoms with Gasteiger partial charge in [-0.3, -0.25) is 4.79 Å². The monoisotopic (exact) mass is 225 g/mol. The predicted molar refractivity (Wildman–Crippen MR) is 47.3 cm³/mol. The van der Waals surface area contributed by atoms with Gasteiger partial charge >= 0.3 is 6.18 Å². The Morgan fingerprint density at radius 1 is 1.33 bits per heavy atom. The molecule has 0 unspecified atom stereocenters. The van der Waals surface area contributed by atoms with Gasteiger partial charge < -0.3 is 10.4 Å². The molecule has 1 heterocycles. The maximum absolute atomic E-state index is 11.9. The van der Waals surface area contributed by atoms with Crippen LogP contribution < -0.4 is 5.32 Å². The maximum atomic E-state index is 11.9. The Bertz CT molecular complexity index is 234. The number of Topliss-reactive ketones (excluding diaryl/α,β-unsaturated/α-hetero) is 1. The molecule has 3 nitrogen and oxygen atoms in total. The zero-order chi connectivity index (χ0) is 11.5. The van der Waals surface area contributed by atoms with Crippen LogP contribution >= 0.6 is 0 Å². The Hall–Kier alpha value is -0.620. The predicted octanol–water partition coefficient (Wildman–Crippen LogP) is 1.01. The maximum Gasteiger partial charge on any atom is 0.449 e. The molecule has 0 aromatic rings. The molecular formula is C9H14F3NO2. The number of carbonyl (C=O) groups is 1. The van der Waals surface area contributed by atoms with E-state index < -0.39 is 24.0 Å². The number of rotatable bonds is 3. The molecular weight excluding hydrogens is 211 g/mol. The van der Waals surface area contributed by atoms with Crippen molar-refractivity contribution in [1.82, 2.24) is 5.32 Å². The number of carbonyl (C=O) groups excluding carboxylic acids is 1. The summed E-state index contributed by atoms with van der Waals surface area (Å²) in [7, 11) is 0. The lowest BCUT2D eigenvalue weighted by molar-refractivity contribution is -0.172. The third-order valence-corrected chi connectivity index (χ3v) is 2.67. The smallest absolute Gasteiger partial charge is 0.390 e. The lowest BCUT2D eigenvalue weighted by Gasteiger charge is -2.32. The molecule has 1 aliphatic rings. The fraction of sp³-hybridized carbons (Fsp3) is 0.889. The third kappa shape index (κ3) is 3.79. The Kier molecular flexibility index (Phi) is 3.72. The molecule has 0 amide bonds. The highest BCUT2D eigenvalue weighted by Crippen LogP contribution is 2.26. The normalized spacial score (nSPS) is 21.3. The molecule has 0 saturated carbocycles. The van der Waals surface area contributed by atoms with E-state index in [-0.39, 0.29) is 6.42 Å². The first kappa shape index (κ1) is 12.4. The van der Waals surface area contributed by atoms with Crippen LogP contribution in [0.2, 0.25) is 0 Å². The van der Waals surface area contributed by atoms with Crippen LogP contribution in [-0.2, 0) is 4.79 Å². The van der Waals surface area contributed by atoms with Gasteiger partial charge in [0.05, 0.1) is 5.60 Å². The molecule has 1 fully saturated rings. The van der Waals surface area contributed by atoms with Crippen LogP contribution in [0.15, 0.2) is 0 Å². The topological polar surface area (TPSA) is 49.3 Å². The van der Waals surface area contributed by atoms with Crippen molar-refractivity contribution in [2.45, 2.75) is 37.5 Å². The number of ketones is 1. The van der Waals surface area contributed by atoms with Crippen LogP contribution in [0.25, 0.3) is 0 Å². The van der Waals surface area contributed by atoms with E-state index in [1.54, 1.807) is 0 Å². The van der Waals surface area contributed by atoms with Gasteiger partial charge in [0.1, 0.15) is 0 Å². The van der Waals surface area contributed by atoms with Gasteiger partial charge in [-0.25, -0.2) is 0 Å². The first-order valence-corrected chi connectivity index (χ1v) is 4.87. The fourth-order valence-electron chi connectivity index (χ4n) is 1.63. The molecule has 1 saturated heterocycles. The molecule has 0 aromatic heterocycles. The Balaban J connectivity index is 2.38. The van der Waals surface area contributed by atoms with Crippen molar-refractivity contribution < 1.29 is 23.1 Å². The largest absolute Gasteiger partial charge is 0.449 e. The molecule has 88 valence electrons. The standard InChI is InChI=1S/C9H14F3NO2/c10-9(11,12)7(14)1-2-8(15)3-5-13-6-4-8/h13,15H,1-6H2. The van der Waals surface area contributed by atoms with Gasteiger partial charge in [-0.1, -0.05) is 0 Å². The zero-order valence-corrected chi connectivity index (χ0v) is 8.23. The third-order valence-electron chi connectivity index (χ3n) is 2.67. The van der Waals surface area contributed by atoms with E-state index in [9.17, 15) is 23.1 Å². The van der Waals surface area contributed by atoms with Crippen molar-refractivity contribution in [1.29, 1.82) is 0 Å². The van der Waals surface area contributed by atoms with Crippen molar-refractivity contribution in [3.05, 3.63) is 0 Å². The summed E-state index contributed by atoms with van der Waals surface area (Å²) in [6.07, 6.45) is -4.70. The van der Waals surface area contributed by atoms with Gasteiger partial charge in [-0.2, -0.15) is 13.2 Å². The highest BCUT2D eigenvalue weighted by molar-refractivity contribution is 5.83. The van der Waals surface area contributed by atoms with Gasteiger partial charge in [0.25, 0.3) is 0 Å². The van der Waals surface area contributed by atoms with Crippen molar-refractivity contribution in [3.8, 4) is 0 Å². The van der Waals surface area contributed by atoms with Crippen LogP contribution in [0, 0.1) is 0 Å². The lowest BCUT2D eigenvalue weighted by atomic mass is 9.87. The summed E-state index contributed by atoms with van der Waals surface area (Å²) < 4.78 is 35.7. The molecule has 0 bridgehead atoms. The average Bonchev–Trinajstić information content (AvgIpc) is 2.14. The van der Waals surface area contributed by atoms with E-state index in [0.717, 1.165) is 0 Å². The zero-order valence-electron chi connectivity index (χ0n) is 8.23. The second-order valence-corrected chi connectivity index (χ2v) is 3.90. The molecule has 0 spiro atoms. The molecule has 0 atom stereocenters. The van der Waals surface area contributed by atoms with Gasteiger partial charge in [0, 0.05) is 6.42 Å². The van der Waals surface area contributed by atoms with Gasteiger partial charge in [0.2, 0.25) is 5.78 Å². The highest BCUT2D eigenvalue weighted by atomic mass is 19.4. The number of alkyl halides is 3. The summed E-state index contributed by atoms with van der Waals surface area (Å²) >= 11 is 0. The number of aliphatic hydroxyl groups is 1. The second kappa shape index (κ2) is 4.49. The van der Waals surface area contributed by atoms with Gasteiger partial charge in [-0.05, 0) is 32.4 Å². The average molecular weight is 225 g/mol. The summed E-state index contributed by atoms with van der Waals surface area (Å²) in [6, 6.07) is 0. The molecule has 0 aliphatic carbocycles. The van der Waals surface area contributed by atoms with Crippen molar-refractivity contribution in [3.63, 3.8) is 0 Å². The SMILES string of the molecule is O=C(CCC1(O)CCNCC1)C(F)(F)F. The number of halogens is 3. The molecule has 1 rings (SSSR count). The Labute approximate surface area is 85.7 Å². The quantitative estimate of drug-likeness (QED) is 0.753. The minimum absolute atomic E-state index is 0.104. The van der Waals surface area contributed by atoms with E-state index in [1.807, 2.05) is 0 Å².